The minimum atomic E-state index is -0.633. The number of benzene rings is 2. The Kier molecular flexibility index (Phi) is 7.31. The van der Waals surface area contributed by atoms with E-state index in [1.807, 2.05) is 30.3 Å². The van der Waals surface area contributed by atoms with Crippen molar-refractivity contribution in [2.75, 3.05) is 20.8 Å². The van der Waals surface area contributed by atoms with E-state index in [2.05, 4.69) is 5.32 Å². The lowest BCUT2D eigenvalue weighted by Gasteiger charge is -2.20. The van der Waals surface area contributed by atoms with Gasteiger partial charge in [-0.15, -0.1) is 0 Å². The first-order chi connectivity index (χ1) is 13.0. The number of aliphatic hydroxyl groups is 1. The van der Waals surface area contributed by atoms with Gasteiger partial charge in [0.25, 0.3) is 0 Å². The molecule has 0 fully saturated rings. The zero-order valence-electron chi connectivity index (χ0n) is 15.7. The van der Waals surface area contributed by atoms with Crippen molar-refractivity contribution in [3.05, 3.63) is 53.1 Å². The van der Waals surface area contributed by atoms with Crippen molar-refractivity contribution in [3.8, 4) is 17.2 Å². The van der Waals surface area contributed by atoms with Gasteiger partial charge in [0.2, 0.25) is 0 Å². The minimum absolute atomic E-state index is 0.0332. The summed E-state index contributed by atoms with van der Waals surface area (Å²) in [6.45, 7) is 1.60. The maximum absolute atomic E-state index is 12.0. The summed E-state index contributed by atoms with van der Waals surface area (Å²) in [6, 6.07) is 10.2. The highest BCUT2D eigenvalue weighted by Gasteiger charge is 2.20. The molecule has 146 valence electrons. The number of carbonyl (C=O) groups is 1. The smallest absolute Gasteiger partial charge is 0.407 e. The second-order valence-corrected chi connectivity index (χ2v) is 6.04. The third-order valence-corrected chi connectivity index (χ3v) is 4.15. The number of ether oxygens (including phenoxy) is 3. The van der Waals surface area contributed by atoms with Gasteiger partial charge in [0.1, 0.15) is 12.4 Å². The molecule has 0 spiro atoms. The lowest BCUT2D eigenvalue weighted by molar-refractivity contribution is 0.129. The lowest BCUT2D eigenvalue weighted by atomic mass is 10.0. The van der Waals surface area contributed by atoms with E-state index < -0.39 is 12.1 Å². The monoisotopic (exact) mass is 375 g/mol. The largest absolute Gasteiger partial charge is 0.504 e. The highest BCUT2D eigenvalue weighted by atomic mass is 16.5. The van der Waals surface area contributed by atoms with Crippen LogP contribution in [-0.2, 0) is 17.8 Å². The molecule has 27 heavy (non-hydrogen) atoms. The van der Waals surface area contributed by atoms with Crippen LogP contribution in [0.25, 0.3) is 0 Å². The molecular weight excluding hydrogens is 350 g/mol. The van der Waals surface area contributed by atoms with Gasteiger partial charge in [-0.3, -0.25) is 0 Å². The van der Waals surface area contributed by atoms with Crippen molar-refractivity contribution >= 4 is 6.09 Å². The Labute approximate surface area is 158 Å². The quantitative estimate of drug-likeness (QED) is 0.656. The van der Waals surface area contributed by atoms with Crippen LogP contribution in [-0.4, -0.2) is 43.2 Å². The molecule has 0 saturated heterocycles. The van der Waals surface area contributed by atoms with Crippen LogP contribution in [0.4, 0.5) is 4.79 Å². The van der Waals surface area contributed by atoms with Crippen LogP contribution in [0.2, 0.25) is 0 Å². The Morgan fingerprint density at radius 2 is 1.81 bits per heavy atom. The van der Waals surface area contributed by atoms with Crippen LogP contribution in [0, 0.1) is 6.92 Å². The fourth-order valence-electron chi connectivity index (χ4n) is 2.88. The Morgan fingerprint density at radius 1 is 1.15 bits per heavy atom. The summed E-state index contributed by atoms with van der Waals surface area (Å²) in [7, 11) is 2.97. The molecule has 2 rings (SSSR count). The predicted molar refractivity (Wildman–Crippen MR) is 100 cm³/mol. The van der Waals surface area contributed by atoms with Crippen LogP contribution in [0.3, 0.4) is 0 Å². The Hall–Kier alpha value is -2.93. The summed E-state index contributed by atoms with van der Waals surface area (Å²) in [5, 5.41) is 22.4. The number of alkyl carbamates (subject to hydrolysis) is 1. The standard InChI is InChI=1S/C20H25NO6/c1-13-18(25-2)15(10-17(23)19(13)26-3)9-16(11-22)21-20(24)27-12-14-7-5-4-6-8-14/h4-8,10,16,22-23H,9,11-12H2,1-3H3,(H,21,24)/t16-/m0/s1. The summed E-state index contributed by atoms with van der Waals surface area (Å²) >= 11 is 0. The zero-order chi connectivity index (χ0) is 19.8. The first kappa shape index (κ1) is 20.4. The number of carbonyl (C=O) groups excluding carboxylic acids is 1. The summed E-state index contributed by atoms with van der Waals surface area (Å²) in [4.78, 5) is 12.0. The molecular formula is C20H25NO6. The average molecular weight is 375 g/mol. The maximum atomic E-state index is 12.0. The first-order valence-corrected chi connectivity index (χ1v) is 8.51. The molecule has 0 radical (unpaired) electrons. The summed E-state index contributed by atoms with van der Waals surface area (Å²) in [5.41, 5.74) is 2.14. The van der Waals surface area contributed by atoms with Gasteiger partial charge < -0.3 is 29.7 Å². The molecule has 0 bridgehead atoms. The van der Waals surface area contributed by atoms with Gasteiger partial charge in [-0.1, -0.05) is 30.3 Å². The van der Waals surface area contributed by atoms with Crippen LogP contribution in [0.5, 0.6) is 17.2 Å². The molecule has 2 aromatic carbocycles. The summed E-state index contributed by atoms with van der Waals surface area (Å²) < 4.78 is 15.8. The molecule has 0 heterocycles. The third-order valence-electron chi connectivity index (χ3n) is 4.15. The second-order valence-electron chi connectivity index (χ2n) is 6.04. The number of aromatic hydroxyl groups is 1. The third kappa shape index (κ3) is 5.27. The normalized spacial score (nSPS) is 11.6. The molecule has 1 amide bonds. The van der Waals surface area contributed by atoms with Crippen LogP contribution in [0.15, 0.2) is 36.4 Å². The average Bonchev–Trinajstić information content (AvgIpc) is 2.67. The van der Waals surface area contributed by atoms with Crippen molar-refractivity contribution in [1.29, 1.82) is 0 Å². The van der Waals surface area contributed by atoms with Gasteiger partial charge in [-0.2, -0.15) is 0 Å². The topological polar surface area (TPSA) is 97.2 Å². The first-order valence-electron chi connectivity index (χ1n) is 8.51. The molecule has 0 saturated carbocycles. The minimum Gasteiger partial charge on any atom is -0.504 e. The van der Waals surface area contributed by atoms with E-state index in [-0.39, 0.29) is 25.4 Å². The van der Waals surface area contributed by atoms with Crippen LogP contribution < -0.4 is 14.8 Å². The fourth-order valence-corrected chi connectivity index (χ4v) is 2.88. The van der Waals surface area contributed by atoms with Crippen LogP contribution in [0.1, 0.15) is 16.7 Å². The highest BCUT2D eigenvalue weighted by Crippen LogP contribution is 2.39. The molecule has 0 aliphatic carbocycles. The number of rotatable bonds is 8. The molecule has 7 nitrogen and oxygen atoms in total. The number of amides is 1. The van der Waals surface area contributed by atoms with Crippen LogP contribution >= 0.6 is 0 Å². The number of aliphatic hydroxyl groups excluding tert-OH is 1. The van der Waals surface area contributed by atoms with Crippen molar-refractivity contribution < 1.29 is 29.2 Å². The molecule has 3 N–H and O–H groups in total. The number of phenols is 1. The molecule has 7 heteroatoms. The van der Waals surface area contributed by atoms with E-state index in [0.29, 0.717) is 22.6 Å². The molecule has 2 aromatic rings. The van der Waals surface area contributed by atoms with Gasteiger partial charge >= 0.3 is 6.09 Å². The number of hydrogen-bond acceptors (Lipinski definition) is 6. The molecule has 0 unspecified atom stereocenters. The Morgan fingerprint density at radius 3 is 2.41 bits per heavy atom. The molecule has 0 aliphatic heterocycles. The molecule has 1 atom stereocenters. The maximum Gasteiger partial charge on any atom is 0.407 e. The number of nitrogens with one attached hydrogen (secondary N) is 1. The second kappa shape index (κ2) is 9.68. The van der Waals surface area contributed by atoms with E-state index in [1.165, 1.54) is 20.3 Å². The highest BCUT2D eigenvalue weighted by molar-refractivity contribution is 5.67. The SMILES string of the molecule is COc1c(O)cc(C[C@@H](CO)NC(=O)OCc2ccccc2)c(OC)c1C. The van der Waals surface area contributed by atoms with E-state index in [0.717, 1.165) is 5.56 Å². The summed E-state index contributed by atoms with van der Waals surface area (Å²) in [5.74, 6) is 0.822. The van der Waals surface area contributed by atoms with Gasteiger partial charge in [-0.25, -0.2) is 4.79 Å². The van der Waals surface area contributed by atoms with E-state index in [1.54, 1.807) is 6.92 Å². The summed E-state index contributed by atoms with van der Waals surface area (Å²) in [6.07, 6.45) is -0.385. The van der Waals surface area contributed by atoms with Crippen molar-refractivity contribution in [1.82, 2.24) is 5.32 Å². The number of hydrogen-bond donors (Lipinski definition) is 3. The Bertz CT molecular complexity index is 763. The van der Waals surface area contributed by atoms with Gasteiger partial charge in [0.05, 0.1) is 26.9 Å². The Balaban J connectivity index is 2.05. The van der Waals surface area contributed by atoms with E-state index >= 15 is 0 Å². The van der Waals surface area contributed by atoms with Crippen molar-refractivity contribution in [2.24, 2.45) is 0 Å². The predicted octanol–water partition coefficient (Wildman–Crippen LogP) is 2.55. The lowest BCUT2D eigenvalue weighted by Crippen LogP contribution is -2.39. The van der Waals surface area contributed by atoms with Crippen molar-refractivity contribution in [2.45, 2.75) is 26.0 Å². The van der Waals surface area contributed by atoms with Crippen molar-refractivity contribution in [3.63, 3.8) is 0 Å². The van der Waals surface area contributed by atoms with Gasteiger partial charge in [0, 0.05) is 11.1 Å². The van der Waals surface area contributed by atoms with Gasteiger partial charge in [-0.05, 0) is 25.0 Å². The molecule has 0 aromatic heterocycles. The van der Waals surface area contributed by atoms with E-state index in [4.69, 9.17) is 14.2 Å². The zero-order valence-corrected chi connectivity index (χ0v) is 15.7. The number of phenolic OH excluding ortho intramolecular Hbond substituents is 1. The van der Waals surface area contributed by atoms with Gasteiger partial charge in [0.15, 0.2) is 11.5 Å². The number of methoxy groups -OCH3 is 2. The molecule has 0 aliphatic rings. The van der Waals surface area contributed by atoms with E-state index in [9.17, 15) is 15.0 Å². The fraction of sp³-hybridized carbons (Fsp3) is 0.350.